The Kier molecular flexibility index (Phi) is 2.40. The fourth-order valence-electron chi connectivity index (χ4n) is 1.75. The van der Waals surface area contributed by atoms with Crippen molar-refractivity contribution in [1.82, 2.24) is 0 Å². The number of carbonyl (C=O) groups is 1. The summed E-state index contributed by atoms with van der Waals surface area (Å²) in [5, 5.41) is 0. The maximum Gasteiger partial charge on any atom is 0.396 e. The van der Waals surface area contributed by atoms with E-state index in [-0.39, 0.29) is 11.3 Å². The Morgan fingerprint density at radius 3 is 2.69 bits per heavy atom. The van der Waals surface area contributed by atoms with E-state index in [9.17, 15) is 18.0 Å². The molecule has 0 amide bonds. The van der Waals surface area contributed by atoms with Crippen molar-refractivity contribution in [3.8, 4) is 5.75 Å². The van der Waals surface area contributed by atoms with Crippen LogP contribution in [0.5, 0.6) is 5.75 Å². The Balaban J connectivity index is 2.50. The highest BCUT2D eigenvalue weighted by Gasteiger charge is 2.46. The minimum Gasteiger partial charge on any atom is -0.426 e. The molecule has 0 aromatic heterocycles. The summed E-state index contributed by atoms with van der Waals surface area (Å²) in [6.45, 7) is 1.73. The summed E-state index contributed by atoms with van der Waals surface area (Å²) in [4.78, 5) is 11.1. The topological polar surface area (TPSA) is 26.3 Å². The Bertz CT molecular complexity index is 437. The number of halogens is 3. The Labute approximate surface area is 90.0 Å². The monoisotopic (exact) mass is 230 g/mol. The van der Waals surface area contributed by atoms with Crippen LogP contribution >= 0.6 is 0 Å². The van der Waals surface area contributed by atoms with Crippen LogP contribution in [0.15, 0.2) is 18.2 Å². The smallest absolute Gasteiger partial charge is 0.396 e. The molecule has 0 unspecified atom stereocenters. The van der Waals surface area contributed by atoms with Gasteiger partial charge < -0.3 is 4.74 Å². The number of aryl methyl sites for hydroxylation is 1. The molecule has 1 atom stereocenters. The van der Waals surface area contributed by atoms with E-state index in [1.807, 2.05) is 0 Å². The lowest BCUT2D eigenvalue weighted by Gasteiger charge is -2.26. The lowest BCUT2D eigenvalue weighted by atomic mass is 9.91. The molecule has 86 valence electrons. The Hall–Kier alpha value is -1.52. The molecule has 0 fully saturated rings. The van der Waals surface area contributed by atoms with Gasteiger partial charge in [0, 0.05) is 5.56 Å². The van der Waals surface area contributed by atoms with Crippen LogP contribution in [0.4, 0.5) is 13.2 Å². The molecular weight excluding hydrogens is 221 g/mol. The summed E-state index contributed by atoms with van der Waals surface area (Å²) < 4.78 is 42.9. The summed E-state index contributed by atoms with van der Waals surface area (Å²) >= 11 is 0. The van der Waals surface area contributed by atoms with E-state index in [0.29, 0.717) is 0 Å². The molecule has 0 spiro atoms. The predicted octanol–water partition coefficient (Wildman–Crippen LogP) is 2.95. The molecule has 0 radical (unpaired) electrons. The number of ether oxygens (including phenoxy) is 1. The van der Waals surface area contributed by atoms with Crippen molar-refractivity contribution >= 4 is 5.97 Å². The van der Waals surface area contributed by atoms with Gasteiger partial charge in [0.25, 0.3) is 0 Å². The maximum atomic E-state index is 12.7. The van der Waals surface area contributed by atoms with Crippen molar-refractivity contribution in [1.29, 1.82) is 0 Å². The molecule has 1 aliphatic heterocycles. The van der Waals surface area contributed by atoms with E-state index in [1.165, 1.54) is 12.1 Å². The van der Waals surface area contributed by atoms with Gasteiger partial charge in [0.15, 0.2) is 0 Å². The fraction of sp³-hybridized carbons (Fsp3) is 0.364. The van der Waals surface area contributed by atoms with Gasteiger partial charge in [-0.3, -0.25) is 4.79 Å². The first-order valence-corrected chi connectivity index (χ1v) is 4.76. The number of benzene rings is 1. The highest BCUT2D eigenvalue weighted by atomic mass is 19.4. The largest absolute Gasteiger partial charge is 0.426 e. The summed E-state index contributed by atoms with van der Waals surface area (Å²) in [6.07, 6.45) is -5.05. The number of hydrogen-bond acceptors (Lipinski definition) is 2. The van der Waals surface area contributed by atoms with Crippen molar-refractivity contribution in [3.63, 3.8) is 0 Å². The predicted molar refractivity (Wildman–Crippen MR) is 50.2 cm³/mol. The van der Waals surface area contributed by atoms with Crippen LogP contribution < -0.4 is 4.74 Å². The summed E-state index contributed by atoms with van der Waals surface area (Å²) in [6, 6.07) is 4.40. The van der Waals surface area contributed by atoms with Crippen LogP contribution in [-0.2, 0) is 4.79 Å². The minimum atomic E-state index is -4.41. The zero-order valence-electron chi connectivity index (χ0n) is 8.47. The Morgan fingerprint density at radius 1 is 1.38 bits per heavy atom. The highest BCUT2D eigenvalue weighted by Crippen LogP contribution is 2.44. The van der Waals surface area contributed by atoms with Crippen LogP contribution in [0.2, 0.25) is 0 Å². The first-order valence-electron chi connectivity index (χ1n) is 4.76. The summed E-state index contributed by atoms with van der Waals surface area (Å²) in [5.41, 5.74) is 0.798. The molecule has 1 aliphatic rings. The third kappa shape index (κ3) is 1.89. The van der Waals surface area contributed by atoms with Gasteiger partial charge in [-0.25, -0.2) is 0 Å². The van der Waals surface area contributed by atoms with Gasteiger partial charge in [-0.05, 0) is 18.6 Å². The van der Waals surface area contributed by atoms with Crippen LogP contribution in [0.3, 0.4) is 0 Å². The first-order chi connectivity index (χ1) is 7.38. The lowest BCUT2D eigenvalue weighted by Crippen LogP contribution is -2.30. The molecule has 0 saturated heterocycles. The molecular formula is C11H9F3O2. The molecule has 0 aliphatic carbocycles. The molecule has 1 heterocycles. The van der Waals surface area contributed by atoms with Crippen LogP contribution in [0.25, 0.3) is 0 Å². The van der Waals surface area contributed by atoms with Gasteiger partial charge in [0.1, 0.15) is 5.75 Å². The zero-order chi connectivity index (χ0) is 11.9. The van der Waals surface area contributed by atoms with Crippen molar-refractivity contribution in [2.45, 2.75) is 25.4 Å². The third-order valence-electron chi connectivity index (χ3n) is 2.53. The van der Waals surface area contributed by atoms with Crippen LogP contribution in [0, 0.1) is 6.92 Å². The minimum absolute atomic E-state index is 0.0265. The maximum absolute atomic E-state index is 12.7. The van der Waals surface area contributed by atoms with E-state index in [4.69, 9.17) is 4.74 Å². The molecule has 1 aromatic carbocycles. The standard InChI is InChI=1S/C11H9F3O2/c1-6-2-3-7-8(11(12,13)14)5-10(15)16-9(7)4-6/h2-4,8H,5H2,1H3/t8-/m1/s1. The first kappa shape index (κ1) is 11.0. The molecule has 0 bridgehead atoms. The average Bonchev–Trinajstić information content (AvgIpc) is 2.14. The van der Waals surface area contributed by atoms with Crippen molar-refractivity contribution in [2.75, 3.05) is 0 Å². The van der Waals surface area contributed by atoms with Crippen molar-refractivity contribution in [2.24, 2.45) is 0 Å². The van der Waals surface area contributed by atoms with Gasteiger partial charge >= 0.3 is 12.1 Å². The highest BCUT2D eigenvalue weighted by molar-refractivity contribution is 5.76. The van der Waals surface area contributed by atoms with E-state index in [1.54, 1.807) is 13.0 Å². The molecule has 0 N–H and O–H groups in total. The number of esters is 1. The normalized spacial score (nSPS) is 20.2. The molecule has 0 saturated carbocycles. The second-order valence-corrected chi connectivity index (χ2v) is 3.81. The average molecular weight is 230 g/mol. The summed E-state index contributed by atoms with van der Waals surface area (Å²) in [5.74, 6) is -2.55. The van der Waals surface area contributed by atoms with Crippen molar-refractivity contribution < 1.29 is 22.7 Å². The number of carbonyl (C=O) groups excluding carboxylic acids is 1. The van der Waals surface area contributed by atoms with E-state index >= 15 is 0 Å². The quantitative estimate of drug-likeness (QED) is 0.506. The molecule has 2 rings (SSSR count). The summed E-state index contributed by atoms with van der Waals surface area (Å²) in [7, 11) is 0. The van der Waals surface area contributed by atoms with Crippen LogP contribution in [0.1, 0.15) is 23.5 Å². The Morgan fingerprint density at radius 2 is 2.06 bits per heavy atom. The van der Waals surface area contributed by atoms with E-state index in [0.717, 1.165) is 5.56 Å². The molecule has 5 heteroatoms. The number of alkyl halides is 3. The third-order valence-corrected chi connectivity index (χ3v) is 2.53. The lowest BCUT2D eigenvalue weighted by molar-refractivity contribution is -0.165. The van der Waals surface area contributed by atoms with E-state index < -0.39 is 24.5 Å². The van der Waals surface area contributed by atoms with Gasteiger partial charge in [0.2, 0.25) is 0 Å². The van der Waals surface area contributed by atoms with E-state index in [2.05, 4.69) is 0 Å². The van der Waals surface area contributed by atoms with Gasteiger partial charge in [-0.15, -0.1) is 0 Å². The second kappa shape index (κ2) is 3.50. The number of rotatable bonds is 0. The van der Waals surface area contributed by atoms with Gasteiger partial charge in [-0.2, -0.15) is 13.2 Å². The fourth-order valence-corrected chi connectivity index (χ4v) is 1.75. The molecule has 16 heavy (non-hydrogen) atoms. The van der Waals surface area contributed by atoms with Gasteiger partial charge in [0.05, 0.1) is 12.3 Å². The molecule has 1 aromatic rings. The second-order valence-electron chi connectivity index (χ2n) is 3.81. The SMILES string of the molecule is Cc1ccc2c(c1)OC(=O)C[C@H]2C(F)(F)F. The van der Waals surface area contributed by atoms with Crippen LogP contribution in [-0.4, -0.2) is 12.1 Å². The van der Waals surface area contributed by atoms with Gasteiger partial charge in [-0.1, -0.05) is 12.1 Å². The number of fused-ring (bicyclic) bond motifs is 1. The van der Waals surface area contributed by atoms with Crippen molar-refractivity contribution in [3.05, 3.63) is 29.3 Å². The number of hydrogen-bond donors (Lipinski definition) is 0. The molecule has 2 nitrogen and oxygen atoms in total. The zero-order valence-corrected chi connectivity index (χ0v) is 8.47.